The van der Waals surface area contributed by atoms with Gasteiger partial charge in [0.05, 0.1) is 116 Å². The molecule has 97 heavy (non-hydrogen) atoms. The average Bonchev–Trinajstić information content (AvgIpc) is 1.73. The highest BCUT2D eigenvalue weighted by molar-refractivity contribution is 6.13. The molecule has 4 aromatic carbocycles. The van der Waals surface area contributed by atoms with Gasteiger partial charge in [-0.25, -0.2) is 0 Å². The van der Waals surface area contributed by atoms with Gasteiger partial charge in [0.15, 0.2) is 23.0 Å². The summed E-state index contributed by atoms with van der Waals surface area (Å²) in [5.74, 6) is -0.805. The average molecular weight is 1340 g/mol. The maximum atomic E-state index is 14.1. The topological polar surface area (TPSA) is 302 Å². The van der Waals surface area contributed by atoms with Crippen molar-refractivity contribution < 1.29 is 81.0 Å². The monoisotopic (exact) mass is 1340 g/mol. The molecule has 0 aromatic heterocycles. The van der Waals surface area contributed by atoms with E-state index in [1.54, 1.807) is 80.3 Å². The predicted molar refractivity (Wildman–Crippen MR) is 363 cm³/mol. The van der Waals surface area contributed by atoms with E-state index in [0.717, 1.165) is 39.3 Å². The van der Waals surface area contributed by atoms with E-state index in [4.69, 9.17) is 47.6 Å². The number of ether oxygens (including phenoxy) is 9. The summed E-state index contributed by atoms with van der Waals surface area (Å²) in [4.78, 5) is 116. The number of aliphatic imine (C=N–C) groups is 2. The SMILES string of the molecule is C=Nc1cc(OCCCCCOc2cc3c(cc2OC)C(=O)N2C=C(c4ccc(NC(=O)[C@H](C)NC(=O)[C@@H](NC(=O)CCOCCOCCOCCOCCNC(=O)CCN5C(=O)C=CC5=O)C(C)C)cc4)C[C@H]2C=N3)c(OC)cc1C(=O)N1C=C(c2ccc(OC)cc2)C[C@H]1C. The van der Waals surface area contributed by atoms with Gasteiger partial charge in [-0.1, -0.05) is 38.1 Å². The zero-order valence-electron chi connectivity index (χ0n) is 56.0. The number of unbranched alkanes of at least 4 members (excludes halogenated alkanes) is 2. The molecule has 8 amide bonds. The molecule has 4 aliphatic heterocycles. The lowest BCUT2D eigenvalue weighted by atomic mass is 10.0. The number of carbonyl (C=O) groups excluding carboxylic acids is 8. The van der Waals surface area contributed by atoms with Crippen LogP contribution >= 0.6 is 0 Å². The Morgan fingerprint density at radius 3 is 1.86 bits per heavy atom. The van der Waals surface area contributed by atoms with Crippen molar-refractivity contribution in [1.29, 1.82) is 0 Å². The molecule has 518 valence electrons. The van der Waals surface area contributed by atoms with Crippen LogP contribution in [0.1, 0.15) is 104 Å². The normalized spacial score (nSPS) is 16.0. The minimum atomic E-state index is -0.944. The Bertz CT molecular complexity index is 3570. The van der Waals surface area contributed by atoms with Crippen molar-refractivity contribution in [3.8, 4) is 28.7 Å². The zero-order valence-corrected chi connectivity index (χ0v) is 56.0. The molecule has 0 spiro atoms. The van der Waals surface area contributed by atoms with Crippen LogP contribution in [-0.2, 0) is 47.7 Å². The van der Waals surface area contributed by atoms with Gasteiger partial charge in [-0.3, -0.25) is 53.2 Å². The summed E-state index contributed by atoms with van der Waals surface area (Å²) in [6.07, 6.45) is 11.2. The molecule has 0 fully saturated rings. The Balaban J connectivity index is 0.695. The lowest BCUT2D eigenvalue weighted by Gasteiger charge is -2.24. The third-order valence-corrected chi connectivity index (χ3v) is 16.3. The first-order valence-electron chi connectivity index (χ1n) is 32.4. The fraction of sp³-hybridized carbons (Fsp3) is 0.437. The number of fused-ring (bicyclic) bond motifs is 2. The van der Waals surface area contributed by atoms with Crippen LogP contribution in [0.15, 0.2) is 107 Å². The Kier molecular flexibility index (Phi) is 27.4. The second kappa shape index (κ2) is 36.4. The van der Waals surface area contributed by atoms with Crippen LogP contribution in [0.4, 0.5) is 17.1 Å². The number of imide groups is 1. The summed E-state index contributed by atoms with van der Waals surface area (Å²) in [6, 6.07) is 19.4. The fourth-order valence-corrected chi connectivity index (χ4v) is 10.9. The standard InChI is InChI=1S/C71H87N9O17/c1-45(2)67(77-64(82)23-28-92-30-32-94-34-35-95-33-31-93-29-24-73-63(81)22-25-78-65(83)20-21-66(78)84)69(86)75-47(4)68(85)76-52-16-12-48(13-17-52)51-37-53-42-74-58-41-62(60(91-8)39-56(58)71(88)80(53)44-51)97-27-11-9-10-26-96-61-40-57(72-5)55(38-59(61)90-7)70(87)79-43-50(36-46(79)3)49-14-18-54(89-6)19-15-49/h12-21,38-47,53,67H,5,9-11,22-37H2,1-4,6-8H3,(H,73,81)(H,75,86)(H,76,85)(H,77,82)/t46-,47+,53+,67+/m1/s1. The summed E-state index contributed by atoms with van der Waals surface area (Å²) in [7, 11) is 4.67. The number of nitrogens with zero attached hydrogens (tertiary/aromatic N) is 5. The Hall–Kier alpha value is -9.76. The fourth-order valence-electron chi connectivity index (χ4n) is 10.9. The van der Waals surface area contributed by atoms with E-state index in [1.165, 1.54) is 26.4 Å². The highest BCUT2D eigenvalue weighted by Gasteiger charge is 2.35. The first kappa shape index (κ1) is 73.1. The molecule has 8 rings (SSSR count). The first-order valence-corrected chi connectivity index (χ1v) is 32.4. The molecular weight excluding hydrogens is 1250 g/mol. The van der Waals surface area contributed by atoms with Crippen LogP contribution in [0.2, 0.25) is 0 Å². The van der Waals surface area contributed by atoms with E-state index in [-0.39, 0.29) is 88.1 Å². The molecule has 4 atom stereocenters. The van der Waals surface area contributed by atoms with Crippen molar-refractivity contribution in [3.63, 3.8) is 0 Å². The van der Waals surface area contributed by atoms with E-state index >= 15 is 0 Å². The van der Waals surface area contributed by atoms with Crippen molar-refractivity contribution in [2.75, 3.05) is 106 Å². The van der Waals surface area contributed by atoms with Crippen molar-refractivity contribution in [1.82, 2.24) is 30.7 Å². The number of rotatable bonds is 39. The molecule has 0 saturated heterocycles. The number of amides is 8. The molecule has 4 heterocycles. The Morgan fingerprint density at radius 1 is 0.639 bits per heavy atom. The van der Waals surface area contributed by atoms with E-state index in [1.807, 2.05) is 55.7 Å². The molecule has 4 aromatic rings. The molecule has 0 unspecified atom stereocenters. The minimum Gasteiger partial charge on any atom is -0.497 e. The van der Waals surface area contributed by atoms with Gasteiger partial charge in [-0.15, -0.1) is 0 Å². The van der Waals surface area contributed by atoms with Crippen molar-refractivity contribution in [2.24, 2.45) is 15.9 Å². The number of anilines is 1. The van der Waals surface area contributed by atoms with Gasteiger partial charge >= 0.3 is 0 Å². The third-order valence-electron chi connectivity index (χ3n) is 16.3. The summed E-state index contributed by atoms with van der Waals surface area (Å²) in [5.41, 5.74) is 5.85. The maximum absolute atomic E-state index is 14.1. The number of hydrogen-bond donors (Lipinski definition) is 4. The molecular formula is C71H87N9O17. The molecule has 26 nitrogen and oxygen atoms in total. The van der Waals surface area contributed by atoms with Gasteiger partial charge in [0.1, 0.15) is 17.8 Å². The summed E-state index contributed by atoms with van der Waals surface area (Å²) < 4.78 is 51.0. The first-order chi connectivity index (χ1) is 46.9. The van der Waals surface area contributed by atoms with E-state index in [2.05, 4.69) is 33.0 Å². The summed E-state index contributed by atoms with van der Waals surface area (Å²) in [5, 5.41) is 11.0. The second-order valence-corrected chi connectivity index (χ2v) is 23.6. The summed E-state index contributed by atoms with van der Waals surface area (Å²) >= 11 is 0. The molecule has 4 N–H and O–H groups in total. The molecule has 26 heteroatoms. The van der Waals surface area contributed by atoms with Crippen molar-refractivity contribution in [2.45, 2.75) is 96.8 Å². The highest BCUT2D eigenvalue weighted by Crippen LogP contribution is 2.41. The maximum Gasteiger partial charge on any atom is 0.260 e. The molecule has 0 saturated carbocycles. The van der Waals surface area contributed by atoms with Crippen LogP contribution in [0.3, 0.4) is 0 Å². The number of methoxy groups -OCH3 is 3. The van der Waals surface area contributed by atoms with Crippen LogP contribution in [0.25, 0.3) is 11.1 Å². The lowest BCUT2D eigenvalue weighted by Crippen LogP contribution is -2.53. The quantitative estimate of drug-likeness (QED) is 0.0192. The number of hydrogen-bond acceptors (Lipinski definition) is 19. The smallest absolute Gasteiger partial charge is 0.260 e. The molecule has 0 bridgehead atoms. The second-order valence-electron chi connectivity index (χ2n) is 23.6. The number of benzene rings is 4. The third kappa shape index (κ3) is 20.4. The lowest BCUT2D eigenvalue weighted by molar-refractivity contribution is -0.137. The minimum absolute atomic E-state index is 0.00183. The van der Waals surface area contributed by atoms with Crippen molar-refractivity contribution >= 4 is 88.4 Å². The Morgan fingerprint density at radius 2 is 1.24 bits per heavy atom. The van der Waals surface area contributed by atoms with Crippen LogP contribution in [-0.4, -0.2) is 200 Å². The summed E-state index contributed by atoms with van der Waals surface area (Å²) in [6.45, 7) is 14.1. The predicted octanol–water partition coefficient (Wildman–Crippen LogP) is 7.39. The highest BCUT2D eigenvalue weighted by atomic mass is 16.6. The number of carbonyl (C=O) groups is 8. The largest absolute Gasteiger partial charge is 0.497 e. The van der Waals surface area contributed by atoms with Crippen molar-refractivity contribution in [3.05, 3.63) is 120 Å². The molecule has 0 radical (unpaired) electrons. The van der Waals surface area contributed by atoms with Gasteiger partial charge in [0.2, 0.25) is 23.6 Å². The van der Waals surface area contributed by atoms with Crippen LogP contribution in [0, 0.1) is 5.92 Å². The van der Waals surface area contributed by atoms with Crippen LogP contribution in [0.5, 0.6) is 28.7 Å². The Labute approximate surface area is 564 Å². The molecule has 0 aliphatic carbocycles. The van der Waals surface area contributed by atoms with Gasteiger partial charge in [-0.05, 0) is 111 Å². The number of nitrogens with one attached hydrogen (secondary N) is 4. The van der Waals surface area contributed by atoms with E-state index < -0.39 is 41.6 Å². The van der Waals surface area contributed by atoms with E-state index in [0.29, 0.717) is 117 Å². The van der Waals surface area contributed by atoms with E-state index in [9.17, 15) is 38.4 Å². The van der Waals surface area contributed by atoms with Gasteiger partial charge in [0, 0.05) is 87.0 Å². The zero-order chi connectivity index (χ0) is 69.4. The van der Waals surface area contributed by atoms with Gasteiger partial charge < -0.3 is 73.7 Å². The van der Waals surface area contributed by atoms with Gasteiger partial charge in [-0.2, -0.15) is 0 Å². The van der Waals surface area contributed by atoms with Crippen LogP contribution < -0.4 is 45.0 Å². The van der Waals surface area contributed by atoms with Gasteiger partial charge in [0.25, 0.3) is 23.6 Å². The molecule has 4 aliphatic rings.